The molecule has 4 nitrogen and oxygen atoms in total. The van der Waals surface area contributed by atoms with Crippen LogP contribution in [0.4, 0.5) is 11.4 Å². The molecule has 2 saturated heterocycles. The molecule has 2 aliphatic rings. The minimum Gasteiger partial charge on any atom is -0.399 e. The van der Waals surface area contributed by atoms with Gasteiger partial charge in [-0.1, -0.05) is 11.6 Å². The van der Waals surface area contributed by atoms with Gasteiger partial charge in [0.1, 0.15) is 6.04 Å². The number of fused-ring (bicyclic) bond motifs is 1. The highest BCUT2D eigenvalue weighted by atomic mass is 35.5. The van der Waals surface area contributed by atoms with Crippen LogP contribution in [0.15, 0.2) is 18.2 Å². The summed E-state index contributed by atoms with van der Waals surface area (Å²) in [6, 6.07) is 5.24. The third-order valence-corrected chi connectivity index (χ3v) is 4.42. The van der Waals surface area contributed by atoms with E-state index in [4.69, 9.17) is 29.6 Å². The molecule has 0 radical (unpaired) electrons. The first kappa shape index (κ1) is 12.7. The molecule has 2 N–H and O–H groups in total. The van der Waals surface area contributed by atoms with Gasteiger partial charge >= 0.3 is 0 Å². The Morgan fingerprint density at radius 2 is 2.21 bits per heavy atom. The molecule has 0 bridgehead atoms. The molecule has 0 aliphatic carbocycles. The zero-order valence-electron chi connectivity index (χ0n) is 10.3. The number of nitrogen functional groups attached to an aromatic ring is 1. The van der Waals surface area contributed by atoms with Crippen LogP contribution in [0.25, 0.3) is 0 Å². The summed E-state index contributed by atoms with van der Waals surface area (Å²) in [5.74, 6) is 0.266. The Morgan fingerprint density at radius 3 is 2.89 bits per heavy atom. The van der Waals surface area contributed by atoms with E-state index in [9.17, 15) is 4.79 Å². The average Bonchev–Trinajstić information content (AvgIpc) is 2.69. The van der Waals surface area contributed by atoms with Crippen molar-refractivity contribution in [2.45, 2.75) is 18.9 Å². The first-order valence-corrected chi connectivity index (χ1v) is 7.02. The van der Waals surface area contributed by atoms with E-state index in [0.717, 1.165) is 18.7 Å². The largest absolute Gasteiger partial charge is 0.399 e. The van der Waals surface area contributed by atoms with Gasteiger partial charge in [0.15, 0.2) is 10.9 Å². The predicted octanol–water partition coefficient (Wildman–Crippen LogP) is 2.06. The molecule has 1 aromatic carbocycles. The van der Waals surface area contributed by atoms with E-state index in [0.29, 0.717) is 28.8 Å². The maximum absolute atomic E-state index is 12.0. The summed E-state index contributed by atoms with van der Waals surface area (Å²) in [7, 11) is 0. The van der Waals surface area contributed by atoms with Gasteiger partial charge in [0.25, 0.3) is 0 Å². The van der Waals surface area contributed by atoms with Crippen LogP contribution in [0.2, 0.25) is 5.02 Å². The molecule has 1 unspecified atom stereocenters. The maximum Gasteiger partial charge on any atom is 0.176 e. The van der Waals surface area contributed by atoms with Crippen molar-refractivity contribution in [3.8, 4) is 0 Å². The van der Waals surface area contributed by atoms with E-state index < -0.39 is 0 Å². The van der Waals surface area contributed by atoms with Gasteiger partial charge in [-0.05, 0) is 36.8 Å². The molecule has 0 spiro atoms. The summed E-state index contributed by atoms with van der Waals surface area (Å²) in [4.78, 5) is 15.9. The molecule has 3 rings (SSSR count). The molecule has 6 heteroatoms. The molecular weight excluding hydrogens is 282 g/mol. The van der Waals surface area contributed by atoms with Crippen molar-refractivity contribution in [1.82, 2.24) is 4.90 Å². The summed E-state index contributed by atoms with van der Waals surface area (Å²) in [5.41, 5.74) is 7.14. The van der Waals surface area contributed by atoms with Crippen LogP contribution in [-0.2, 0) is 4.79 Å². The number of Topliss-reactive ketones (excluding diaryl/α,β-unsaturated/α-hetero) is 1. The number of nitrogens with two attached hydrogens (primary N) is 1. The van der Waals surface area contributed by atoms with Crippen LogP contribution in [-0.4, -0.2) is 34.9 Å². The van der Waals surface area contributed by atoms with Gasteiger partial charge in [-0.15, -0.1) is 0 Å². The van der Waals surface area contributed by atoms with Gasteiger partial charge in [0.2, 0.25) is 0 Å². The summed E-state index contributed by atoms with van der Waals surface area (Å²) in [6.07, 6.45) is 1.52. The number of thiocarbonyl (C=S) groups is 1. The summed E-state index contributed by atoms with van der Waals surface area (Å²) < 4.78 is 0. The van der Waals surface area contributed by atoms with Crippen molar-refractivity contribution >= 4 is 46.1 Å². The Kier molecular flexibility index (Phi) is 3.11. The third-order valence-electron chi connectivity index (χ3n) is 3.66. The molecule has 1 atom stereocenters. The fraction of sp³-hybridized carbons (Fsp3) is 0.385. The van der Waals surface area contributed by atoms with E-state index in [1.54, 1.807) is 12.1 Å². The van der Waals surface area contributed by atoms with Gasteiger partial charge in [0, 0.05) is 18.7 Å². The van der Waals surface area contributed by atoms with Crippen molar-refractivity contribution < 1.29 is 4.79 Å². The SMILES string of the molecule is Nc1ccc(N2CC3C(=O)CCCN3C2=S)c(Cl)c1. The Balaban J connectivity index is 1.94. The van der Waals surface area contributed by atoms with Crippen LogP contribution in [0.5, 0.6) is 0 Å². The second-order valence-corrected chi connectivity index (χ2v) is 5.66. The average molecular weight is 296 g/mol. The van der Waals surface area contributed by atoms with Crippen molar-refractivity contribution in [2.24, 2.45) is 0 Å². The summed E-state index contributed by atoms with van der Waals surface area (Å²) >= 11 is 11.7. The maximum atomic E-state index is 12.0. The Morgan fingerprint density at radius 1 is 1.42 bits per heavy atom. The van der Waals surface area contributed by atoms with Crippen molar-refractivity contribution in [3.05, 3.63) is 23.2 Å². The Labute approximate surface area is 122 Å². The number of piperidine rings is 1. The first-order valence-electron chi connectivity index (χ1n) is 6.24. The smallest absolute Gasteiger partial charge is 0.176 e. The molecule has 1 aromatic rings. The third kappa shape index (κ3) is 2.07. The van der Waals surface area contributed by atoms with Crippen LogP contribution >= 0.6 is 23.8 Å². The van der Waals surface area contributed by atoms with Crippen LogP contribution in [0.1, 0.15) is 12.8 Å². The number of hydrogen-bond donors (Lipinski definition) is 1. The first-order chi connectivity index (χ1) is 9.08. The molecule has 0 aromatic heterocycles. The predicted molar refractivity (Wildman–Crippen MR) is 80.5 cm³/mol. The highest BCUT2D eigenvalue weighted by Gasteiger charge is 2.41. The zero-order chi connectivity index (χ0) is 13.6. The van der Waals surface area contributed by atoms with E-state index in [1.165, 1.54) is 0 Å². The van der Waals surface area contributed by atoms with Crippen LogP contribution < -0.4 is 10.6 Å². The second-order valence-electron chi connectivity index (χ2n) is 4.88. The van der Waals surface area contributed by atoms with Gasteiger partial charge < -0.3 is 15.5 Å². The molecule has 0 saturated carbocycles. The van der Waals surface area contributed by atoms with Crippen LogP contribution in [0, 0.1) is 0 Å². The summed E-state index contributed by atoms with van der Waals surface area (Å²) in [6.45, 7) is 1.43. The highest BCUT2D eigenvalue weighted by Crippen LogP contribution is 2.33. The number of carbonyl (C=O) groups excluding carboxylic acids is 1. The number of benzene rings is 1. The Bertz CT molecular complexity index is 563. The van der Waals surface area contributed by atoms with Crippen molar-refractivity contribution in [2.75, 3.05) is 23.7 Å². The van der Waals surface area contributed by atoms with E-state index in [1.807, 2.05) is 15.9 Å². The van der Waals surface area contributed by atoms with Gasteiger partial charge in [-0.25, -0.2) is 0 Å². The molecule has 2 heterocycles. The lowest BCUT2D eigenvalue weighted by Crippen LogP contribution is -2.43. The monoisotopic (exact) mass is 295 g/mol. The number of hydrogen-bond acceptors (Lipinski definition) is 3. The quantitative estimate of drug-likeness (QED) is 0.635. The zero-order valence-corrected chi connectivity index (χ0v) is 11.9. The van der Waals surface area contributed by atoms with Crippen molar-refractivity contribution in [1.29, 1.82) is 0 Å². The van der Waals surface area contributed by atoms with Gasteiger partial charge in [0.05, 0.1) is 17.3 Å². The lowest BCUT2D eigenvalue weighted by Gasteiger charge is -2.28. The molecule has 100 valence electrons. The standard InChI is InChI=1S/C13H14ClN3OS/c14-9-6-8(15)3-4-10(9)17-7-11-12(18)2-1-5-16(11)13(17)19/h3-4,6,11H,1-2,5,7,15H2. The fourth-order valence-corrected chi connectivity index (χ4v) is 3.38. The second kappa shape index (κ2) is 4.65. The van der Waals surface area contributed by atoms with E-state index in [2.05, 4.69) is 0 Å². The number of anilines is 2. The summed E-state index contributed by atoms with van der Waals surface area (Å²) in [5, 5.41) is 1.25. The number of ketones is 1. The molecule has 2 fully saturated rings. The van der Waals surface area contributed by atoms with Gasteiger partial charge in [-0.2, -0.15) is 0 Å². The number of rotatable bonds is 1. The molecule has 19 heavy (non-hydrogen) atoms. The van der Waals surface area contributed by atoms with E-state index in [-0.39, 0.29) is 11.8 Å². The number of carbonyl (C=O) groups is 1. The molecule has 2 aliphatic heterocycles. The van der Waals surface area contributed by atoms with E-state index >= 15 is 0 Å². The normalized spacial score (nSPS) is 22.9. The van der Waals surface area contributed by atoms with Crippen molar-refractivity contribution in [3.63, 3.8) is 0 Å². The highest BCUT2D eigenvalue weighted by molar-refractivity contribution is 7.80. The van der Waals surface area contributed by atoms with Crippen LogP contribution in [0.3, 0.4) is 0 Å². The fourth-order valence-electron chi connectivity index (χ4n) is 2.70. The molecule has 0 amide bonds. The lowest BCUT2D eigenvalue weighted by atomic mass is 10.0. The Hall–Kier alpha value is -1.33. The minimum atomic E-state index is -0.116. The topological polar surface area (TPSA) is 49.6 Å². The minimum absolute atomic E-state index is 0.116. The number of nitrogens with zero attached hydrogens (tertiary/aromatic N) is 2. The molecular formula is C13H14ClN3OS. The van der Waals surface area contributed by atoms with Gasteiger partial charge in [-0.3, -0.25) is 4.79 Å². The number of halogens is 1. The lowest BCUT2D eigenvalue weighted by molar-refractivity contribution is -0.124.